The Hall–Kier alpha value is -2.59. The fourth-order valence-corrected chi connectivity index (χ4v) is 4.40. The second-order valence-electron chi connectivity index (χ2n) is 7.18. The maximum atomic E-state index is 12.9. The monoisotopic (exact) mass is 376 g/mol. The Balaban J connectivity index is 1.55. The molecule has 0 bridgehead atoms. The lowest BCUT2D eigenvalue weighted by Crippen LogP contribution is -2.18. The summed E-state index contributed by atoms with van der Waals surface area (Å²) >= 11 is 1.49. The molecule has 0 aliphatic carbocycles. The van der Waals surface area contributed by atoms with Crippen LogP contribution in [0, 0.1) is 13.8 Å². The quantitative estimate of drug-likeness (QED) is 0.616. The second kappa shape index (κ2) is 7.57. The van der Waals surface area contributed by atoms with Crippen molar-refractivity contribution in [3.05, 3.63) is 69.9 Å². The van der Waals surface area contributed by atoms with E-state index in [1.165, 1.54) is 35.4 Å². The lowest BCUT2D eigenvalue weighted by atomic mass is 10.0. The Morgan fingerprint density at radius 3 is 2.44 bits per heavy atom. The fourth-order valence-electron chi connectivity index (χ4n) is 3.58. The topological polar surface area (TPSA) is 32.3 Å². The van der Waals surface area contributed by atoms with Gasteiger partial charge in [0.1, 0.15) is 0 Å². The average molecular weight is 377 g/mol. The predicted molar refractivity (Wildman–Crippen MR) is 115 cm³/mol. The van der Waals surface area contributed by atoms with Gasteiger partial charge in [-0.1, -0.05) is 29.8 Å². The summed E-state index contributed by atoms with van der Waals surface area (Å²) < 4.78 is 0. The molecule has 0 spiro atoms. The Morgan fingerprint density at radius 1 is 1.00 bits per heavy atom. The highest BCUT2D eigenvalue weighted by Crippen LogP contribution is 2.31. The minimum absolute atomic E-state index is 0.0439. The van der Waals surface area contributed by atoms with E-state index >= 15 is 0 Å². The first-order chi connectivity index (χ1) is 13.1. The minimum Gasteiger partial charge on any atom is -0.372 e. The van der Waals surface area contributed by atoms with E-state index in [1.807, 2.05) is 17.5 Å². The van der Waals surface area contributed by atoms with Gasteiger partial charge in [-0.25, -0.2) is 0 Å². The minimum atomic E-state index is -0.0439. The molecule has 3 aromatic rings. The van der Waals surface area contributed by atoms with Gasteiger partial charge in [0.25, 0.3) is 5.91 Å². The molecule has 0 unspecified atom stereocenters. The lowest BCUT2D eigenvalue weighted by molar-refractivity contribution is 0.103. The molecule has 27 heavy (non-hydrogen) atoms. The summed E-state index contributed by atoms with van der Waals surface area (Å²) in [5.74, 6) is -0.0439. The highest BCUT2D eigenvalue weighted by Gasteiger charge is 2.17. The molecule has 1 aliphatic heterocycles. The molecule has 1 saturated heterocycles. The van der Waals surface area contributed by atoms with Crippen LogP contribution < -0.4 is 10.2 Å². The van der Waals surface area contributed by atoms with Crippen LogP contribution in [0.15, 0.2) is 53.9 Å². The van der Waals surface area contributed by atoms with Crippen molar-refractivity contribution in [2.24, 2.45) is 0 Å². The summed E-state index contributed by atoms with van der Waals surface area (Å²) in [4.78, 5) is 16.1. The largest absolute Gasteiger partial charge is 0.372 e. The van der Waals surface area contributed by atoms with Crippen molar-refractivity contribution in [1.29, 1.82) is 0 Å². The van der Waals surface area contributed by atoms with Crippen LogP contribution in [0.25, 0.3) is 11.1 Å². The SMILES string of the molecule is Cc1ccc(-c2ccsc2C(=O)Nc2ccc(N3CCCC3)cc2C)cc1. The number of nitrogens with one attached hydrogen (secondary N) is 1. The summed E-state index contributed by atoms with van der Waals surface area (Å²) in [6, 6.07) is 16.6. The number of amides is 1. The molecule has 3 nitrogen and oxygen atoms in total. The van der Waals surface area contributed by atoms with Crippen LogP contribution in [0.4, 0.5) is 11.4 Å². The standard InChI is InChI=1S/C23H24N2OS/c1-16-5-7-18(8-6-16)20-11-14-27-22(20)23(26)24-21-10-9-19(15-17(21)2)25-12-3-4-13-25/h5-11,14-15H,3-4,12-13H2,1-2H3,(H,24,26). The van der Waals surface area contributed by atoms with Crippen molar-refractivity contribution in [2.45, 2.75) is 26.7 Å². The molecular weight excluding hydrogens is 352 g/mol. The van der Waals surface area contributed by atoms with E-state index in [0.717, 1.165) is 40.3 Å². The third kappa shape index (κ3) is 3.76. The van der Waals surface area contributed by atoms with Crippen LogP contribution in [0.1, 0.15) is 33.6 Å². The van der Waals surface area contributed by atoms with Gasteiger partial charge in [-0.15, -0.1) is 11.3 Å². The van der Waals surface area contributed by atoms with E-state index in [9.17, 15) is 4.79 Å². The van der Waals surface area contributed by atoms with Crippen LogP contribution in [-0.4, -0.2) is 19.0 Å². The summed E-state index contributed by atoms with van der Waals surface area (Å²) in [6.07, 6.45) is 2.52. The Kier molecular flexibility index (Phi) is 4.99. The van der Waals surface area contributed by atoms with Crippen molar-refractivity contribution in [3.63, 3.8) is 0 Å². The van der Waals surface area contributed by atoms with E-state index in [2.05, 4.69) is 60.5 Å². The zero-order valence-corrected chi connectivity index (χ0v) is 16.6. The number of carbonyl (C=O) groups is 1. The van der Waals surface area contributed by atoms with Gasteiger partial charge in [0.2, 0.25) is 0 Å². The molecule has 1 N–H and O–H groups in total. The van der Waals surface area contributed by atoms with Crippen molar-refractivity contribution in [2.75, 3.05) is 23.3 Å². The van der Waals surface area contributed by atoms with E-state index in [-0.39, 0.29) is 5.91 Å². The second-order valence-corrected chi connectivity index (χ2v) is 8.09. The number of rotatable bonds is 4. The van der Waals surface area contributed by atoms with Crippen molar-refractivity contribution >= 4 is 28.6 Å². The van der Waals surface area contributed by atoms with Gasteiger partial charge in [0, 0.05) is 30.0 Å². The molecule has 1 aliphatic rings. The first-order valence-corrected chi connectivity index (χ1v) is 10.3. The number of benzene rings is 2. The number of nitrogens with zero attached hydrogens (tertiary/aromatic N) is 1. The van der Waals surface area contributed by atoms with Gasteiger partial charge in [-0.3, -0.25) is 4.79 Å². The summed E-state index contributed by atoms with van der Waals surface area (Å²) in [5.41, 5.74) is 6.51. The molecule has 2 heterocycles. The third-order valence-corrected chi connectivity index (χ3v) is 6.08. The Bertz CT molecular complexity index is 953. The van der Waals surface area contributed by atoms with Gasteiger partial charge < -0.3 is 10.2 Å². The third-order valence-electron chi connectivity index (χ3n) is 5.16. The number of thiophene rings is 1. The number of hydrogen-bond donors (Lipinski definition) is 1. The van der Waals surface area contributed by atoms with E-state index < -0.39 is 0 Å². The molecule has 0 saturated carbocycles. The van der Waals surface area contributed by atoms with Gasteiger partial charge in [0.05, 0.1) is 4.88 Å². The smallest absolute Gasteiger partial charge is 0.266 e. The first-order valence-electron chi connectivity index (χ1n) is 9.43. The van der Waals surface area contributed by atoms with Gasteiger partial charge >= 0.3 is 0 Å². The predicted octanol–water partition coefficient (Wildman–Crippen LogP) is 5.88. The highest BCUT2D eigenvalue weighted by molar-refractivity contribution is 7.12. The molecule has 4 rings (SSSR count). The molecular formula is C23H24N2OS. The summed E-state index contributed by atoms with van der Waals surface area (Å²) in [7, 11) is 0. The molecule has 1 amide bonds. The van der Waals surface area contributed by atoms with Crippen LogP contribution in [0.3, 0.4) is 0 Å². The zero-order chi connectivity index (χ0) is 18.8. The van der Waals surface area contributed by atoms with Crippen molar-refractivity contribution < 1.29 is 4.79 Å². The Labute approximate surface area is 164 Å². The Morgan fingerprint density at radius 2 is 1.74 bits per heavy atom. The number of hydrogen-bond acceptors (Lipinski definition) is 3. The maximum Gasteiger partial charge on any atom is 0.266 e. The normalized spacial score (nSPS) is 13.8. The molecule has 0 radical (unpaired) electrons. The molecule has 1 aromatic heterocycles. The van der Waals surface area contributed by atoms with Gasteiger partial charge in [-0.2, -0.15) is 0 Å². The highest BCUT2D eigenvalue weighted by atomic mass is 32.1. The maximum absolute atomic E-state index is 12.9. The lowest BCUT2D eigenvalue weighted by Gasteiger charge is -2.19. The van der Waals surface area contributed by atoms with E-state index in [4.69, 9.17) is 0 Å². The van der Waals surface area contributed by atoms with Crippen molar-refractivity contribution in [3.8, 4) is 11.1 Å². The van der Waals surface area contributed by atoms with Gasteiger partial charge in [-0.05, 0) is 67.5 Å². The van der Waals surface area contributed by atoms with E-state index in [1.54, 1.807) is 0 Å². The molecule has 0 atom stereocenters. The first kappa shape index (κ1) is 17.8. The number of carbonyl (C=O) groups excluding carboxylic acids is 1. The molecule has 2 aromatic carbocycles. The van der Waals surface area contributed by atoms with Crippen LogP contribution in [-0.2, 0) is 0 Å². The summed E-state index contributed by atoms with van der Waals surface area (Å²) in [5, 5.41) is 5.08. The van der Waals surface area contributed by atoms with Crippen LogP contribution >= 0.6 is 11.3 Å². The van der Waals surface area contributed by atoms with Crippen LogP contribution in [0.2, 0.25) is 0 Å². The molecule has 138 valence electrons. The number of aryl methyl sites for hydroxylation is 2. The van der Waals surface area contributed by atoms with Crippen LogP contribution in [0.5, 0.6) is 0 Å². The number of anilines is 2. The van der Waals surface area contributed by atoms with Gasteiger partial charge in [0.15, 0.2) is 0 Å². The summed E-state index contributed by atoms with van der Waals surface area (Å²) in [6.45, 7) is 6.38. The molecule has 4 heteroatoms. The zero-order valence-electron chi connectivity index (χ0n) is 15.8. The van der Waals surface area contributed by atoms with E-state index in [0.29, 0.717) is 0 Å². The average Bonchev–Trinajstić information content (AvgIpc) is 3.36. The fraction of sp³-hybridized carbons (Fsp3) is 0.261. The molecule has 1 fully saturated rings. The van der Waals surface area contributed by atoms with Crippen molar-refractivity contribution in [1.82, 2.24) is 0 Å².